The van der Waals surface area contributed by atoms with E-state index < -0.39 is 13.1 Å². The van der Waals surface area contributed by atoms with E-state index in [1.165, 1.54) is 19.4 Å². The normalized spacial score (nSPS) is 9.58. The minimum Gasteiger partial charge on any atom is -0.464 e. The van der Waals surface area contributed by atoms with E-state index in [-0.39, 0.29) is 11.2 Å². The molecule has 3 N–H and O–H groups in total. The first-order valence-electron chi connectivity index (χ1n) is 3.28. The lowest BCUT2D eigenvalue weighted by Gasteiger charge is -1.92. The summed E-state index contributed by atoms with van der Waals surface area (Å²) in [5.41, 5.74) is 0.427. The van der Waals surface area contributed by atoms with Crippen LogP contribution >= 0.6 is 0 Å². The maximum atomic E-state index is 10.8. The Bertz CT molecular complexity index is 283. The molecule has 1 rings (SSSR count). The molecule has 5 nitrogen and oxygen atoms in total. The Morgan fingerprint density at radius 3 is 2.75 bits per heavy atom. The Labute approximate surface area is 69.1 Å². The van der Waals surface area contributed by atoms with Crippen molar-refractivity contribution in [2.45, 2.75) is 0 Å². The van der Waals surface area contributed by atoms with Gasteiger partial charge in [-0.25, -0.2) is 4.79 Å². The fourth-order valence-electron chi connectivity index (χ4n) is 0.788. The van der Waals surface area contributed by atoms with Crippen LogP contribution in [-0.4, -0.2) is 35.2 Å². The number of aromatic amines is 1. The van der Waals surface area contributed by atoms with Gasteiger partial charge in [-0.2, -0.15) is 0 Å². The lowest BCUT2D eigenvalue weighted by molar-refractivity contribution is 0.0595. The van der Waals surface area contributed by atoms with Crippen molar-refractivity contribution in [2.24, 2.45) is 0 Å². The highest BCUT2D eigenvalue weighted by Gasteiger charge is 2.15. The van der Waals surface area contributed by atoms with Crippen molar-refractivity contribution >= 4 is 18.6 Å². The summed E-state index contributed by atoms with van der Waals surface area (Å²) in [4.78, 5) is 13.4. The molecule has 0 amide bonds. The zero-order valence-electron chi connectivity index (χ0n) is 6.44. The van der Waals surface area contributed by atoms with Crippen LogP contribution in [0.5, 0.6) is 0 Å². The van der Waals surface area contributed by atoms with Crippen LogP contribution in [0.3, 0.4) is 0 Å². The fourth-order valence-corrected chi connectivity index (χ4v) is 0.788. The predicted octanol–water partition coefficient (Wildman–Crippen LogP) is -1.52. The van der Waals surface area contributed by atoms with Crippen LogP contribution in [0.1, 0.15) is 10.5 Å². The van der Waals surface area contributed by atoms with Crippen LogP contribution in [0.2, 0.25) is 0 Å². The molecule has 12 heavy (non-hydrogen) atoms. The molecular weight excluding hydrogens is 161 g/mol. The summed E-state index contributed by atoms with van der Waals surface area (Å²) in [6.07, 6.45) is 1.33. The quantitative estimate of drug-likeness (QED) is 0.371. The minimum atomic E-state index is -1.57. The molecule has 0 unspecified atom stereocenters. The third-order valence-electron chi connectivity index (χ3n) is 1.41. The Kier molecular flexibility index (Phi) is 2.52. The smallest absolute Gasteiger partial charge is 0.464 e. The van der Waals surface area contributed by atoms with E-state index in [4.69, 9.17) is 10.0 Å². The number of nitrogens with one attached hydrogen (secondary N) is 1. The molecule has 0 aliphatic rings. The molecule has 0 saturated heterocycles. The van der Waals surface area contributed by atoms with Gasteiger partial charge < -0.3 is 19.8 Å². The first-order valence-corrected chi connectivity index (χ1v) is 3.28. The number of aromatic nitrogens is 1. The van der Waals surface area contributed by atoms with E-state index in [0.717, 1.165) is 0 Å². The first kappa shape index (κ1) is 8.83. The number of ether oxygens (including phenoxy) is 1. The Morgan fingerprint density at radius 1 is 1.67 bits per heavy atom. The molecule has 0 radical (unpaired) electrons. The second kappa shape index (κ2) is 3.42. The number of carbonyl (C=O) groups excluding carboxylic acids is 1. The summed E-state index contributed by atoms with van der Waals surface area (Å²) in [5, 5.41) is 17.3. The second-order valence-corrected chi connectivity index (χ2v) is 2.21. The lowest BCUT2D eigenvalue weighted by Crippen LogP contribution is -2.28. The fraction of sp³-hybridized carbons (Fsp3) is 0.167. The van der Waals surface area contributed by atoms with Gasteiger partial charge in [0.05, 0.1) is 7.11 Å². The summed E-state index contributed by atoms with van der Waals surface area (Å²) in [5.74, 6) is -0.540. The van der Waals surface area contributed by atoms with Gasteiger partial charge in [-0.3, -0.25) is 0 Å². The second-order valence-electron chi connectivity index (χ2n) is 2.21. The van der Waals surface area contributed by atoms with Gasteiger partial charge in [0.25, 0.3) is 0 Å². The van der Waals surface area contributed by atoms with E-state index >= 15 is 0 Å². The highest BCUT2D eigenvalue weighted by molar-refractivity contribution is 6.58. The van der Waals surface area contributed by atoms with Crippen molar-refractivity contribution in [3.63, 3.8) is 0 Å². The molecule has 1 heterocycles. The maximum Gasteiger partial charge on any atom is 0.490 e. The van der Waals surface area contributed by atoms with Crippen LogP contribution in [0.25, 0.3) is 0 Å². The van der Waals surface area contributed by atoms with E-state index in [9.17, 15) is 4.79 Å². The van der Waals surface area contributed by atoms with E-state index in [0.29, 0.717) is 0 Å². The molecule has 0 saturated carbocycles. The molecule has 0 fully saturated rings. The van der Waals surface area contributed by atoms with Gasteiger partial charge in [-0.05, 0) is 6.07 Å². The molecule has 64 valence electrons. The highest BCUT2D eigenvalue weighted by Crippen LogP contribution is 1.94. The Balaban J connectivity index is 2.84. The van der Waals surface area contributed by atoms with Crippen LogP contribution in [0.15, 0.2) is 12.3 Å². The SMILES string of the molecule is COC(=O)c1cc(B(O)O)c[nH]1. The number of methoxy groups -OCH3 is 1. The monoisotopic (exact) mass is 169 g/mol. The number of H-pyrrole nitrogens is 1. The number of hydrogen-bond donors (Lipinski definition) is 3. The molecule has 0 aliphatic carbocycles. The number of esters is 1. The third kappa shape index (κ3) is 1.66. The Hall–Kier alpha value is -1.27. The topological polar surface area (TPSA) is 82.6 Å². The van der Waals surface area contributed by atoms with Crippen molar-refractivity contribution in [1.29, 1.82) is 0 Å². The average Bonchev–Trinajstić information content (AvgIpc) is 2.51. The lowest BCUT2D eigenvalue weighted by atomic mass is 9.82. The molecule has 1 aromatic rings. The van der Waals surface area contributed by atoms with Crippen molar-refractivity contribution in [3.8, 4) is 0 Å². The van der Waals surface area contributed by atoms with E-state index in [2.05, 4.69) is 9.72 Å². The Morgan fingerprint density at radius 2 is 2.33 bits per heavy atom. The molecule has 0 atom stereocenters. The summed E-state index contributed by atoms with van der Waals surface area (Å²) in [6.45, 7) is 0. The molecule has 1 aromatic heterocycles. The van der Waals surface area contributed by atoms with Gasteiger partial charge in [0.15, 0.2) is 0 Å². The van der Waals surface area contributed by atoms with Gasteiger partial charge in [0, 0.05) is 11.7 Å². The van der Waals surface area contributed by atoms with Crippen LogP contribution in [-0.2, 0) is 4.74 Å². The summed E-state index contributed by atoms with van der Waals surface area (Å²) >= 11 is 0. The van der Waals surface area contributed by atoms with Crippen LogP contribution in [0.4, 0.5) is 0 Å². The molecule has 0 bridgehead atoms. The van der Waals surface area contributed by atoms with E-state index in [1.54, 1.807) is 0 Å². The number of hydrogen-bond acceptors (Lipinski definition) is 4. The molecule has 0 aromatic carbocycles. The minimum absolute atomic E-state index is 0.195. The largest absolute Gasteiger partial charge is 0.490 e. The number of rotatable bonds is 2. The van der Waals surface area contributed by atoms with Crippen molar-refractivity contribution in [1.82, 2.24) is 4.98 Å². The van der Waals surface area contributed by atoms with Crippen LogP contribution < -0.4 is 5.46 Å². The maximum absolute atomic E-state index is 10.8. The molecule has 0 aliphatic heterocycles. The van der Waals surface area contributed by atoms with Crippen molar-refractivity contribution in [2.75, 3.05) is 7.11 Å². The molecular formula is C6H8BNO4. The first-order chi connectivity index (χ1) is 5.65. The standard InChI is InChI=1S/C6H8BNO4/c1-12-6(9)5-2-4(3-8-5)7(10)11/h2-3,8,10-11H,1H3. The summed E-state index contributed by atoms with van der Waals surface area (Å²) < 4.78 is 4.40. The predicted molar refractivity (Wildman–Crippen MR) is 42.0 cm³/mol. The van der Waals surface area contributed by atoms with Crippen molar-refractivity contribution < 1.29 is 19.6 Å². The van der Waals surface area contributed by atoms with Gasteiger partial charge >= 0.3 is 13.1 Å². The van der Waals surface area contributed by atoms with E-state index in [1.807, 2.05) is 0 Å². The number of carbonyl (C=O) groups is 1. The average molecular weight is 169 g/mol. The molecule has 0 spiro atoms. The van der Waals surface area contributed by atoms with Gasteiger partial charge in [-0.15, -0.1) is 0 Å². The van der Waals surface area contributed by atoms with Gasteiger partial charge in [0.1, 0.15) is 5.69 Å². The van der Waals surface area contributed by atoms with Crippen molar-refractivity contribution in [3.05, 3.63) is 18.0 Å². The molecule has 6 heteroatoms. The van der Waals surface area contributed by atoms with Crippen LogP contribution in [0, 0.1) is 0 Å². The summed E-state index contributed by atoms with van der Waals surface area (Å²) in [7, 11) is -0.322. The zero-order valence-corrected chi connectivity index (χ0v) is 6.44. The highest BCUT2D eigenvalue weighted by atomic mass is 16.5. The van der Waals surface area contributed by atoms with Gasteiger partial charge in [0.2, 0.25) is 0 Å². The summed E-state index contributed by atoms with van der Waals surface area (Å²) in [6, 6.07) is 1.32. The van der Waals surface area contributed by atoms with Gasteiger partial charge in [-0.1, -0.05) is 0 Å². The zero-order chi connectivity index (χ0) is 9.14. The third-order valence-corrected chi connectivity index (χ3v) is 1.41.